The molecule has 0 atom stereocenters. The summed E-state index contributed by atoms with van der Waals surface area (Å²) in [5, 5.41) is 5.24. The molecule has 1 saturated heterocycles. The van der Waals surface area contributed by atoms with E-state index < -0.39 is 5.56 Å². The van der Waals surface area contributed by atoms with Gasteiger partial charge in [-0.15, -0.1) is 0 Å². The van der Waals surface area contributed by atoms with Gasteiger partial charge in [0.2, 0.25) is 0 Å². The number of nitrogens with zero attached hydrogens (tertiary/aromatic N) is 4. The first-order chi connectivity index (χ1) is 12.4. The normalized spacial score (nSPS) is 16.0. The fourth-order valence-corrected chi connectivity index (χ4v) is 4.01. The fourth-order valence-electron chi connectivity index (χ4n) is 3.25. The van der Waals surface area contributed by atoms with Gasteiger partial charge in [0, 0.05) is 18.6 Å². The second-order valence-corrected chi connectivity index (χ2v) is 8.01. The van der Waals surface area contributed by atoms with Crippen molar-refractivity contribution in [3.63, 3.8) is 0 Å². The molecule has 1 aromatic heterocycles. The molecule has 1 aromatic carbocycles. The van der Waals surface area contributed by atoms with Crippen LogP contribution in [-0.4, -0.2) is 48.4 Å². The molecule has 0 amide bonds. The summed E-state index contributed by atoms with van der Waals surface area (Å²) in [6.45, 7) is 3.04. The van der Waals surface area contributed by atoms with E-state index in [1.807, 2.05) is 11.9 Å². The van der Waals surface area contributed by atoms with Gasteiger partial charge in [0.05, 0.1) is 22.6 Å². The summed E-state index contributed by atoms with van der Waals surface area (Å²) < 4.78 is 1.20. The minimum absolute atomic E-state index is 0.140. The van der Waals surface area contributed by atoms with Gasteiger partial charge in [0.1, 0.15) is 5.02 Å². The monoisotopic (exact) mass is 414 g/mol. The highest BCUT2D eigenvalue weighted by atomic mass is 35.5. The van der Waals surface area contributed by atoms with E-state index in [2.05, 4.69) is 17.0 Å². The minimum atomic E-state index is -0.399. The average molecular weight is 416 g/mol. The van der Waals surface area contributed by atoms with Crippen LogP contribution in [0.2, 0.25) is 15.1 Å². The van der Waals surface area contributed by atoms with Crippen LogP contribution in [0.4, 0.5) is 5.69 Å². The summed E-state index contributed by atoms with van der Waals surface area (Å²) in [5.41, 5.74) is 0.688. The number of hydrogen-bond acceptors (Lipinski definition) is 4. The van der Waals surface area contributed by atoms with Crippen molar-refractivity contribution in [3.05, 3.63) is 49.8 Å². The number of halogens is 3. The van der Waals surface area contributed by atoms with Gasteiger partial charge >= 0.3 is 0 Å². The van der Waals surface area contributed by atoms with Crippen LogP contribution in [0, 0.1) is 5.92 Å². The number of hydrogen-bond donors (Lipinski definition) is 0. The second kappa shape index (κ2) is 8.17. The molecule has 2 aromatic rings. The van der Waals surface area contributed by atoms with Gasteiger partial charge in [-0.2, -0.15) is 9.78 Å². The maximum absolute atomic E-state index is 12.7. The molecule has 2 heterocycles. The minimum Gasteiger partial charge on any atom is -0.372 e. The molecule has 0 saturated carbocycles. The maximum Gasteiger partial charge on any atom is 0.292 e. The molecule has 1 aliphatic heterocycles. The summed E-state index contributed by atoms with van der Waals surface area (Å²) >= 11 is 18.5. The summed E-state index contributed by atoms with van der Waals surface area (Å²) in [6, 6.07) is 4.88. The highest BCUT2D eigenvalue weighted by Gasteiger charge is 2.21. The molecular weight excluding hydrogens is 395 g/mol. The van der Waals surface area contributed by atoms with Gasteiger partial charge in [0.15, 0.2) is 0 Å². The molecule has 0 unspecified atom stereocenters. The Morgan fingerprint density at radius 3 is 2.58 bits per heavy atom. The van der Waals surface area contributed by atoms with E-state index in [-0.39, 0.29) is 5.02 Å². The van der Waals surface area contributed by atoms with Gasteiger partial charge in [-0.3, -0.25) is 4.79 Å². The Balaban J connectivity index is 1.84. The molecule has 3 rings (SSSR count). The first kappa shape index (κ1) is 19.5. The van der Waals surface area contributed by atoms with Crippen LogP contribution in [0.1, 0.15) is 12.8 Å². The lowest BCUT2D eigenvalue weighted by molar-refractivity contribution is 0.222. The lowest BCUT2D eigenvalue weighted by atomic mass is 9.96. The van der Waals surface area contributed by atoms with Crippen LogP contribution >= 0.6 is 34.8 Å². The van der Waals surface area contributed by atoms with Gasteiger partial charge in [-0.05, 0) is 57.1 Å². The highest BCUT2D eigenvalue weighted by Crippen LogP contribution is 2.26. The van der Waals surface area contributed by atoms with Gasteiger partial charge < -0.3 is 9.80 Å². The number of benzene rings is 1. The Bertz CT molecular complexity index is 847. The van der Waals surface area contributed by atoms with Crippen molar-refractivity contribution < 1.29 is 0 Å². The Morgan fingerprint density at radius 1 is 1.23 bits per heavy atom. The first-order valence-electron chi connectivity index (χ1n) is 8.49. The van der Waals surface area contributed by atoms with Gasteiger partial charge in [-0.1, -0.05) is 34.8 Å². The van der Waals surface area contributed by atoms with Crippen molar-refractivity contribution in [2.75, 3.05) is 38.6 Å². The molecule has 0 spiro atoms. The largest absolute Gasteiger partial charge is 0.372 e. The third-order valence-electron chi connectivity index (χ3n) is 4.82. The zero-order valence-electron chi connectivity index (χ0n) is 14.8. The molecule has 0 aliphatic carbocycles. The third-order valence-corrected chi connectivity index (χ3v) is 5.71. The van der Waals surface area contributed by atoms with Crippen LogP contribution in [0.5, 0.6) is 0 Å². The Hall–Kier alpha value is -1.27. The van der Waals surface area contributed by atoms with E-state index in [9.17, 15) is 4.79 Å². The quantitative estimate of drug-likeness (QED) is 0.757. The second-order valence-electron chi connectivity index (χ2n) is 6.78. The summed E-state index contributed by atoms with van der Waals surface area (Å²) in [7, 11) is 4.09. The van der Waals surface area contributed by atoms with Crippen LogP contribution in [-0.2, 0) is 0 Å². The van der Waals surface area contributed by atoms with Crippen molar-refractivity contribution in [1.82, 2.24) is 14.7 Å². The predicted molar refractivity (Wildman–Crippen MR) is 108 cm³/mol. The Morgan fingerprint density at radius 2 is 1.92 bits per heavy atom. The summed E-state index contributed by atoms with van der Waals surface area (Å²) in [4.78, 5) is 17.1. The zero-order valence-corrected chi connectivity index (χ0v) is 17.0. The molecule has 0 radical (unpaired) electrons. The van der Waals surface area contributed by atoms with Crippen LogP contribution in [0.15, 0.2) is 29.2 Å². The molecule has 1 fully saturated rings. The average Bonchev–Trinajstić information content (AvgIpc) is 2.60. The molecule has 0 bridgehead atoms. The van der Waals surface area contributed by atoms with Gasteiger partial charge in [-0.25, -0.2) is 0 Å². The molecule has 140 valence electrons. The smallest absolute Gasteiger partial charge is 0.292 e. The van der Waals surface area contributed by atoms with E-state index in [0.29, 0.717) is 27.3 Å². The predicted octanol–water partition coefficient (Wildman–Crippen LogP) is 3.97. The Labute approximate surface area is 168 Å². The molecule has 5 nitrogen and oxygen atoms in total. The number of aromatic nitrogens is 2. The highest BCUT2D eigenvalue weighted by molar-refractivity contribution is 6.36. The van der Waals surface area contributed by atoms with E-state index >= 15 is 0 Å². The fraction of sp³-hybridized carbons (Fsp3) is 0.444. The molecule has 26 heavy (non-hydrogen) atoms. The van der Waals surface area contributed by atoms with E-state index in [1.165, 1.54) is 4.68 Å². The topological polar surface area (TPSA) is 41.4 Å². The van der Waals surface area contributed by atoms with Crippen molar-refractivity contribution >= 4 is 40.5 Å². The number of anilines is 1. The summed E-state index contributed by atoms with van der Waals surface area (Å²) in [6.07, 6.45) is 3.90. The van der Waals surface area contributed by atoms with E-state index in [1.54, 1.807) is 24.4 Å². The maximum atomic E-state index is 12.7. The molecule has 8 heteroatoms. The van der Waals surface area contributed by atoms with Crippen molar-refractivity contribution in [3.8, 4) is 5.69 Å². The van der Waals surface area contributed by atoms with Crippen molar-refractivity contribution in [1.29, 1.82) is 0 Å². The molecular formula is C18H21Cl3N4O. The van der Waals surface area contributed by atoms with Crippen molar-refractivity contribution in [2.45, 2.75) is 12.8 Å². The lowest BCUT2D eigenvalue weighted by Gasteiger charge is -2.32. The SMILES string of the molecule is CN1CCC(CN(C)c2cnn(-c3ccc(Cl)cc3Cl)c(=O)c2Cl)CC1. The van der Waals surface area contributed by atoms with Gasteiger partial charge in [0.25, 0.3) is 5.56 Å². The standard InChI is InChI=1S/C18H21Cl3N4O/c1-23-7-5-12(6-8-23)11-24(2)16-10-22-25(18(26)17(16)21)15-4-3-13(19)9-14(15)20/h3-4,9-10,12H,5-8,11H2,1-2H3. The van der Waals surface area contributed by atoms with Crippen LogP contribution < -0.4 is 10.5 Å². The lowest BCUT2D eigenvalue weighted by Crippen LogP contribution is -2.36. The van der Waals surface area contributed by atoms with Crippen molar-refractivity contribution in [2.24, 2.45) is 5.92 Å². The summed E-state index contributed by atoms with van der Waals surface area (Å²) in [5.74, 6) is 0.584. The molecule has 0 N–H and O–H groups in total. The zero-order chi connectivity index (χ0) is 18.8. The number of piperidine rings is 1. The number of rotatable bonds is 4. The van der Waals surface area contributed by atoms with Crippen LogP contribution in [0.25, 0.3) is 5.69 Å². The molecule has 1 aliphatic rings. The first-order valence-corrected chi connectivity index (χ1v) is 9.63. The number of likely N-dealkylation sites (tertiary alicyclic amines) is 1. The van der Waals surface area contributed by atoms with E-state index in [4.69, 9.17) is 34.8 Å². The van der Waals surface area contributed by atoms with Crippen LogP contribution in [0.3, 0.4) is 0 Å². The third kappa shape index (κ3) is 4.17. The van der Waals surface area contributed by atoms with E-state index in [0.717, 1.165) is 32.5 Å². The Kier molecular flexibility index (Phi) is 6.13.